The summed E-state index contributed by atoms with van der Waals surface area (Å²) in [5, 5.41) is 0. The van der Waals surface area contributed by atoms with E-state index < -0.39 is 0 Å². The maximum atomic E-state index is 2.55. The van der Waals surface area contributed by atoms with Gasteiger partial charge in [0, 0.05) is 34.1 Å². The molecule has 63 heavy (non-hydrogen) atoms. The third-order valence-corrected chi connectivity index (χ3v) is 12.8. The fourth-order valence-corrected chi connectivity index (χ4v) is 10.1. The molecule has 12 rings (SSSR count). The second kappa shape index (κ2) is 15.4. The molecule has 0 spiro atoms. The zero-order valence-corrected chi connectivity index (χ0v) is 34.6. The van der Waals surface area contributed by atoms with Crippen molar-refractivity contribution in [3.8, 4) is 55.6 Å². The summed E-state index contributed by atoms with van der Waals surface area (Å²) in [7, 11) is 0. The summed E-state index contributed by atoms with van der Waals surface area (Å²) in [4.78, 5) is 5.07. The van der Waals surface area contributed by atoms with Gasteiger partial charge in [0.15, 0.2) is 0 Å². The highest BCUT2D eigenvalue weighted by Crippen LogP contribution is 2.50. The van der Waals surface area contributed by atoms with Gasteiger partial charge in [-0.15, -0.1) is 0 Å². The zero-order valence-electron chi connectivity index (χ0n) is 34.6. The van der Waals surface area contributed by atoms with Crippen molar-refractivity contribution in [1.82, 2.24) is 0 Å². The molecule has 10 aromatic rings. The SMILES string of the molecule is c1ccc(-c2cccc(N3c4ccccc4B4c5ccccc5N(c5cc(-c6ccccc6)c(-c6ccccc6)c(-c6ccccc6)c5)c5cc(-c6ccccc6)cc3c54)c2)cc1. The molecule has 10 aromatic carbocycles. The van der Waals surface area contributed by atoms with Crippen LogP contribution in [0.3, 0.4) is 0 Å². The summed E-state index contributed by atoms with van der Waals surface area (Å²) in [6, 6.07) is 91.2. The Balaban J connectivity index is 1.18. The normalized spacial score (nSPS) is 12.3. The van der Waals surface area contributed by atoms with Crippen molar-refractivity contribution in [1.29, 1.82) is 0 Å². The van der Waals surface area contributed by atoms with Crippen LogP contribution in [0.2, 0.25) is 0 Å². The topological polar surface area (TPSA) is 6.48 Å². The number of hydrogen-bond donors (Lipinski definition) is 0. The average Bonchev–Trinajstić information content (AvgIpc) is 3.37. The van der Waals surface area contributed by atoms with E-state index in [4.69, 9.17) is 0 Å². The van der Waals surface area contributed by atoms with Gasteiger partial charge in [-0.05, 0) is 121 Å². The zero-order chi connectivity index (χ0) is 41.7. The van der Waals surface area contributed by atoms with Crippen LogP contribution in [0.4, 0.5) is 34.1 Å². The smallest absolute Gasteiger partial charge is 0.252 e. The molecular weight excluding hydrogens is 759 g/mol. The molecular formula is C60H41BN2. The molecule has 2 aliphatic heterocycles. The van der Waals surface area contributed by atoms with Gasteiger partial charge >= 0.3 is 0 Å². The van der Waals surface area contributed by atoms with E-state index in [9.17, 15) is 0 Å². The van der Waals surface area contributed by atoms with Crippen molar-refractivity contribution in [2.45, 2.75) is 0 Å². The molecule has 2 nitrogen and oxygen atoms in total. The fourth-order valence-electron chi connectivity index (χ4n) is 10.1. The monoisotopic (exact) mass is 800 g/mol. The van der Waals surface area contributed by atoms with Crippen LogP contribution in [0.15, 0.2) is 249 Å². The summed E-state index contributed by atoms with van der Waals surface area (Å²) in [5.41, 5.74) is 22.8. The molecule has 0 unspecified atom stereocenters. The molecule has 0 N–H and O–H groups in total. The maximum absolute atomic E-state index is 2.55. The lowest BCUT2D eigenvalue weighted by atomic mass is 9.33. The molecule has 2 heterocycles. The predicted molar refractivity (Wildman–Crippen MR) is 268 cm³/mol. The number of fused-ring (bicyclic) bond motifs is 4. The summed E-state index contributed by atoms with van der Waals surface area (Å²) in [6.07, 6.45) is 0. The van der Waals surface area contributed by atoms with E-state index in [2.05, 4.69) is 259 Å². The lowest BCUT2D eigenvalue weighted by Gasteiger charge is -2.44. The van der Waals surface area contributed by atoms with Gasteiger partial charge in [0.1, 0.15) is 0 Å². The van der Waals surface area contributed by atoms with E-state index in [0.717, 1.165) is 11.4 Å². The van der Waals surface area contributed by atoms with Gasteiger partial charge in [-0.1, -0.05) is 200 Å². The average molecular weight is 801 g/mol. The summed E-state index contributed by atoms with van der Waals surface area (Å²) < 4.78 is 0. The van der Waals surface area contributed by atoms with Gasteiger partial charge in [0.25, 0.3) is 6.71 Å². The number of benzene rings is 10. The quantitative estimate of drug-likeness (QED) is 0.148. The molecule has 0 saturated carbocycles. The van der Waals surface area contributed by atoms with E-state index >= 15 is 0 Å². The lowest BCUT2D eigenvalue weighted by Crippen LogP contribution is -2.61. The van der Waals surface area contributed by atoms with Gasteiger partial charge in [-0.2, -0.15) is 0 Å². The van der Waals surface area contributed by atoms with Crippen LogP contribution in [0, 0.1) is 0 Å². The first-order chi connectivity index (χ1) is 31.3. The number of nitrogens with zero attached hydrogens (tertiary/aromatic N) is 2. The molecule has 294 valence electrons. The largest absolute Gasteiger partial charge is 0.311 e. The molecule has 0 amide bonds. The fraction of sp³-hybridized carbons (Fsp3) is 0. The van der Waals surface area contributed by atoms with Crippen molar-refractivity contribution in [2.24, 2.45) is 0 Å². The number of rotatable bonds is 7. The molecule has 3 heteroatoms. The second-order valence-corrected chi connectivity index (χ2v) is 16.4. The van der Waals surface area contributed by atoms with Gasteiger partial charge in [-0.3, -0.25) is 0 Å². The minimum Gasteiger partial charge on any atom is -0.311 e. The van der Waals surface area contributed by atoms with E-state index in [1.54, 1.807) is 0 Å². The molecule has 2 aliphatic rings. The molecule has 0 atom stereocenters. The van der Waals surface area contributed by atoms with E-state index in [0.29, 0.717) is 0 Å². The summed E-state index contributed by atoms with van der Waals surface area (Å²) in [5.74, 6) is 0. The highest BCUT2D eigenvalue weighted by Gasteiger charge is 2.43. The van der Waals surface area contributed by atoms with Crippen LogP contribution in [0.25, 0.3) is 55.6 Å². The van der Waals surface area contributed by atoms with Gasteiger partial charge in [0.05, 0.1) is 0 Å². The number of anilines is 6. The third kappa shape index (κ3) is 6.28. The van der Waals surface area contributed by atoms with Crippen LogP contribution in [-0.2, 0) is 0 Å². The Morgan fingerprint density at radius 2 is 0.651 bits per heavy atom. The maximum Gasteiger partial charge on any atom is 0.252 e. The van der Waals surface area contributed by atoms with Crippen LogP contribution < -0.4 is 26.2 Å². The minimum atomic E-state index is 0.0165. The van der Waals surface area contributed by atoms with Crippen molar-refractivity contribution in [2.75, 3.05) is 9.80 Å². The van der Waals surface area contributed by atoms with Gasteiger partial charge < -0.3 is 9.80 Å². The highest BCUT2D eigenvalue weighted by molar-refractivity contribution is 7.00. The van der Waals surface area contributed by atoms with Crippen molar-refractivity contribution >= 4 is 57.2 Å². The van der Waals surface area contributed by atoms with Crippen LogP contribution in [0.1, 0.15) is 0 Å². The van der Waals surface area contributed by atoms with Crippen LogP contribution in [0.5, 0.6) is 0 Å². The Labute approximate surface area is 369 Å². The summed E-state index contributed by atoms with van der Waals surface area (Å²) >= 11 is 0. The molecule has 0 saturated heterocycles. The lowest BCUT2D eigenvalue weighted by molar-refractivity contribution is 1.25. The van der Waals surface area contributed by atoms with Gasteiger partial charge in [-0.25, -0.2) is 0 Å². The first-order valence-corrected chi connectivity index (χ1v) is 21.8. The second-order valence-electron chi connectivity index (χ2n) is 16.4. The van der Waals surface area contributed by atoms with Crippen LogP contribution in [-0.4, -0.2) is 6.71 Å². The first-order valence-electron chi connectivity index (χ1n) is 21.8. The highest BCUT2D eigenvalue weighted by atomic mass is 15.2. The van der Waals surface area contributed by atoms with Crippen molar-refractivity contribution in [3.05, 3.63) is 249 Å². The number of hydrogen-bond acceptors (Lipinski definition) is 2. The summed E-state index contributed by atoms with van der Waals surface area (Å²) in [6.45, 7) is 0.0165. The van der Waals surface area contributed by atoms with E-state index in [1.807, 2.05) is 0 Å². The van der Waals surface area contributed by atoms with E-state index in [-0.39, 0.29) is 6.71 Å². The molecule has 0 bridgehead atoms. The Morgan fingerprint density at radius 1 is 0.254 bits per heavy atom. The Bertz CT molecular complexity index is 3220. The minimum absolute atomic E-state index is 0.0165. The van der Waals surface area contributed by atoms with Crippen LogP contribution >= 0.6 is 0 Å². The Morgan fingerprint density at radius 3 is 1.16 bits per heavy atom. The Kier molecular flexibility index (Phi) is 8.97. The van der Waals surface area contributed by atoms with Gasteiger partial charge in [0.2, 0.25) is 0 Å². The van der Waals surface area contributed by atoms with Crippen molar-refractivity contribution < 1.29 is 0 Å². The molecule has 0 aromatic heterocycles. The third-order valence-electron chi connectivity index (χ3n) is 12.8. The predicted octanol–water partition coefficient (Wildman–Crippen LogP) is 14.1. The van der Waals surface area contributed by atoms with E-state index in [1.165, 1.54) is 94.8 Å². The molecule has 0 aliphatic carbocycles. The molecule has 0 fully saturated rings. The standard InChI is InChI=1S/C60H41BN2/c1-6-21-42(22-7-1)47-31-20-32-49(37-47)62-55-35-18-16-33-53(55)61-54-34-17-19-36-56(54)63(58-39-48(38-57(62)60(58)61)43-23-8-2-9-24-43)50-40-51(44-25-10-3-11-26-44)59(46-29-14-5-15-30-46)52(41-50)45-27-12-4-13-28-45/h1-41H. The number of para-hydroxylation sites is 2. The first kappa shape index (κ1) is 36.7. The molecule has 0 radical (unpaired) electrons. The van der Waals surface area contributed by atoms with Crippen molar-refractivity contribution in [3.63, 3.8) is 0 Å². The Hall–Kier alpha value is -8.14.